The van der Waals surface area contributed by atoms with Crippen LogP contribution < -0.4 is 0 Å². The van der Waals surface area contributed by atoms with E-state index < -0.39 is 17.7 Å². The summed E-state index contributed by atoms with van der Waals surface area (Å²) in [6, 6.07) is 9.82. The highest BCUT2D eigenvalue weighted by Gasteiger charge is 2.46. The number of halogens is 1. The van der Waals surface area contributed by atoms with Crippen LogP contribution in [0, 0.1) is 0 Å². The molecule has 1 saturated heterocycles. The van der Waals surface area contributed by atoms with E-state index in [1.807, 2.05) is 17.5 Å². The van der Waals surface area contributed by atoms with Crippen molar-refractivity contribution in [2.24, 2.45) is 0 Å². The van der Waals surface area contributed by atoms with E-state index in [0.29, 0.717) is 17.1 Å². The monoisotopic (exact) mass is 432 g/mol. The van der Waals surface area contributed by atoms with Crippen molar-refractivity contribution in [2.45, 2.75) is 26.3 Å². The maximum absolute atomic E-state index is 12.9. The van der Waals surface area contributed by atoms with Gasteiger partial charge < -0.3 is 14.9 Å². The topological polar surface area (TPSA) is 60.9 Å². The molecular weight excluding hydrogens is 408 g/mol. The van der Waals surface area contributed by atoms with Crippen LogP contribution in [0.1, 0.15) is 36.8 Å². The number of aliphatic hydroxyl groups excluding tert-OH is 1. The van der Waals surface area contributed by atoms with Gasteiger partial charge in [0.2, 0.25) is 0 Å². The van der Waals surface area contributed by atoms with Crippen molar-refractivity contribution in [1.82, 2.24) is 9.80 Å². The average Bonchev–Trinajstić information content (AvgIpc) is 3.33. The lowest BCUT2D eigenvalue weighted by molar-refractivity contribution is -0.139. The van der Waals surface area contributed by atoms with Crippen molar-refractivity contribution in [2.75, 3.05) is 26.2 Å². The first-order valence-corrected chi connectivity index (χ1v) is 11.0. The Hall–Kier alpha value is -2.15. The molecule has 1 amide bonds. The predicted molar refractivity (Wildman–Crippen MR) is 117 cm³/mol. The molecule has 29 heavy (non-hydrogen) atoms. The third-order valence-corrected chi connectivity index (χ3v) is 6.41. The second-order valence-electron chi connectivity index (χ2n) is 6.90. The zero-order valence-corrected chi connectivity index (χ0v) is 18.2. The Morgan fingerprint density at radius 1 is 1.17 bits per heavy atom. The van der Waals surface area contributed by atoms with Gasteiger partial charge in [0, 0.05) is 22.0 Å². The fraction of sp³-hybridized carbons (Fsp3) is 0.364. The van der Waals surface area contributed by atoms with Gasteiger partial charge in [-0.25, -0.2) is 0 Å². The van der Waals surface area contributed by atoms with Crippen LogP contribution in [0.15, 0.2) is 47.4 Å². The lowest BCUT2D eigenvalue weighted by Gasteiger charge is -2.25. The summed E-state index contributed by atoms with van der Waals surface area (Å²) in [6.07, 6.45) is 0.761. The van der Waals surface area contributed by atoms with Crippen LogP contribution in [0.25, 0.3) is 5.76 Å². The molecule has 1 aliphatic heterocycles. The number of hydrogen-bond donors (Lipinski definition) is 1. The van der Waals surface area contributed by atoms with Crippen LogP contribution in [0.4, 0.5) is 0 Å². The number of likely N-dealkylation sites (tertiary alicyclic amines) is 1. The third-order valence-electron chi connectivity index (χ3n) is 5.24. The summed E-state index contributed by atoms with van der Waals surface area (Å²) in [5.41, 5.74) is 0.611. The van der Waals surface area contributed by atoms with Gasteiger partial charge in [-0.1, -0.05) is 31.5 Å². The van der Waals surface area contributed by atoms with E-state index in [-0.39, 0.29) is 11.3 Å². The van der Waals surface area contributed by atoms with Crippen LogP contribution >= 0.6 is 22.9 Å². The highest BCUT2D eigenvalue weighted by Crippen LogP contribution is 2.41. The van der Waals surface area contributed by atoms with Crippen LogP contribution in [-0.2, 0) is 9.59 Å². The van der Waals surface area contributed by atoms with Crippen molar-refractivity contribution in [3.63, 3.8) is 0 Å². The van der Waals surface area contributed by atoms with Crippen molar-refractivity contribution in [3.8, 4) is 0 Å². The summed E-state index contributed by atoms with van der Waals surface area (Å²) in [7, 11) is 0. The number of hydrogen-bond acceptors (Lipinski definition) is 5. The lowest BCUT2D eigenvalue weighted by atomic mass is 10.00. The number of nitrogens with zero attached hydrogens (tertiary/aromatic N) is 2. The molecule has 1 N–H and O–H groups in total. The minimum Gasteiger partial charge on any atom is -0.507 e. The van der Waals surface area contributed by atoms with E-state index in [0.717, 1.165) is 30.9 Å². The lowest BCUT2D eigenvalue weighted by Crippen LogP contribution is -2.33. The Morgan fingerprint density at radius 2 is 1.86 bits per heavy atom. The molecule has 2 heterocycles. The summed E-state index contributed by atoms with van der Waals surface area (Å²) in [5, 5.41) is 13.4. The van der Waals surface area contributed by atoms with E-state index in [9.17, 15) is 14.7 Å². The molecule has 1 aromatic carbocycles. The largest absolute Gasteiger partial charge is 0.507 e. The Kier molecular flexibility index (Phi) is 7.11. The van der Waals surface area contributed by atoms with Crippen LogP contribution in [-0.4, -0.2) is 52.8 Å². The van der Waals surface area contributed by atoms with Gasteiger partial charge in [0.15, 0.2) is 0 Å². The Bertz CT molecular complexity index is 889. The van der Waals surface area contributed by atoms with Crippen LogP contribution in [0.2, 0.25) is 5.02 Å². The second kappa shape index (κ2) is 9.57. The molecule has 0 bridgehead atoms. The summed E-state index contributed by atoms with van der Waals surface area (Å²) >= 11 is 7.41. The minimum absolute atomic E-state index is 0.141. The number of Topliss-reactive ketones (excluding diaryl/α,β-unsaturated/α-hetero) is 1. The van der Waals surface area contributed by atoms with Crippen molar-refractivity contribution >= 4 is 40.4 Å². The zero-order valence-electron chi connectivity index (χ0n) is 16.6. The molecule has 0 aliphatic carbocycles. The average molecular weight is 433 g/mol. The molecule has 5 nitrogen and oxygen atoms in total. The Labute approximate surface area is 180 Å². The van der Waals surface area contributed by atoms with Crippen molar-refractivity contribution < 1.29 is 14.7 Å². The molecule has 1 aliphatic rings. The van der Waals surface area contributed by atoms with Crippen molar-refractivity contribution in [1.29, 1.82) is 0 Å². The molecule has 2 aromatic rings. The van der Waals surface area contributed by atoms with Crippen LogP contribution in [0.5, 0.6) is 0 Å². The smallest absolute Gasteiger partial charge is 0.295 e. The first-order chi connectivity index (χ1) is 14.0. The molecule has 1 aromatic heterocycles. The molecular formula is C22H25ClN2O3S. The Morgan fingerprint density at radius 3 is 2.45 bits per heavy atom. The maximum atomic E-state index is 12.9. The number of benzene rings is 1. The number of ketones is 1. The van der Waals surface area contributed by atoms with Gasteiger partial charge in [0.05, 0.1) is 11.6 Å². The van der Waals surface area contributed by atoms with E-state index in [1.165, 1.54) is 11.3 Å². The quantitative estimate of drug-likeness (QED) is 0.377. The molecule has 7 heteroatoms. The van der Waals surface area contributed by atoms with Gasteiger partial charge in [-0.05, 0) is 61.8 Å². The molecule has 3 rings (SSSR count). The van der Waals surface area contributed by atoms with Crippen molar-refractivity contribution in [3.05, 3.63) is 62.8 Å². The number of carbonyl (C=O) groups is 2. The van der Waals surface area contributed by atoms with Crippen LogP contribution in [0.3, 0.4) is 0 Å². The number of carbonyl (C=O) groups excluding carboxylic acids is 2. The summed E-state index contributed by atoms with van der Waals surface area (Å²) in [5.74, 6) is -1.36. The van der Waals surface area contributed by atoms with Gasteiger partial charge in [-0.3, -0.25) is 9.59 Å². The molecule has 0 radical (unpaired) electrons. The van der Waals surface area contributed by atoms with E-state index in [4.69, 9.17) is 11.6 Å². The maximum Gasteiger partial charge on any atom is 0.295 e. The number of thiophene rings is 1. The van der Waals surface area contributed by atoms with E-state index in [2.05, 4.69) is 18.7 Å². The molecule has 1 fully saturated rings. The summed E-state index contributed by atoms with van der Waals surface area (Å²) in [4.78, 5) is 30.4. The fourth-order valence-corrected chi connectivity index (χ4v) is 4.59. The Balaban J connectivity index is 1.95. The standard InChI is InChI=1S/C22H25ClN2O3S/c1-3-24(4-2)12-6-13-25-19(17-7-5-14-29-17)18(21(27)22(25)28)20(26)15-8-10-16(23)11-9-15/h5,7-11,14,19,26H,3-4,6,12-13H2,1-2H3/t19-/m0/s1. The second-order valence-corrected chi connectivity index (χ2v) is 8.31. The number of aliphatic hydroxyl groups is 1. The molecule has 0 unspecified atom stereocenters. The normalized spacial score (nSPS) is 18.8. The predicted octanol–water partition coefficient (Wildman–Crippen LogP) is 4.56. The zero-order chi connectivity index (χ0) is 21.0. The number of amides is 1. The van der Waals surface area contributed by atoms with Gasteiger partial charge >= 0.3 is 0 Å². The summed E-state index contributed by atoms with van der Waals surface area (Å²) in [6.45, 7) is 7.41. The molecule has 0 spiro atoms. The number of rotatable bonds is 8. The van der Waals surface area contributed by atoms with Gasteiger partial charge in [-0.2, -0.15) is 0 Å². The minimum atomic E-state index is -0.640. The van der Waals surface area contributed by atoms with Gasteiger partial charge in [0.1, 0.15) is 5.76 Å². The molecule has 0 saturated carbocycles. The highest BCUT2D eigenvalue weighted by molar-refractivity contribution is 7.10. The van der Waals surface area contributed by atoms with E-state index in [1.54, 1.807) is 29.2 Å². The SMILES string of the molecule is CCN(CC)CCCN1C(=O)C(=O)C(=C(O)c2ccc(Cl)cc2)[C@@H]1c1cccs1. The molecule has 154 valence electrons. The highest BCUT2D eigenvalue weighted by atomic mass is 35.5. The summed E-state index contributed by atoms with van der Waals surface area (Å²) < 4.78 is 0. The van der Waals surface area contributed by atoms with Gasteiger partial charge in [0.25, 0.3) is 11.7 Å². The first-order valence-electron chi connectivity index (χ1n) is 9.78. The molecule has 1 atom stereocenters. The van der Waals surface area contributed by atoms with E-state index >= 15 is 0 Å². The fourth-order valence-electron chi connectivity index (χ4n) is 3.62. The first kappa shape index (κ1) is 21.6. The third kappa shape index (κ3) is 4.55. The van der Waals surface area contributed by atoms with Gasteiger partial charge in [-0.15, -0.1) is 11.3 Å².